The maximum Gasteiger partial charge on any atom is 0.213 e. The van der Waals surface area contributed by atoms with Crippen LogP contribution in [0.15, 0.2) is 24.3 Å². The lowest BCUT2D eigenvalue weighted by atomic mass is 10.1. The summed E-state index contributed by atoms with van der Waals surface area (Å²) in [5, 5.41) is 8.54. The van der Waals surface area contributed by atoms with Gasteiger partial charge in [-0.25, -0.2) is 13.1 Å². The van der Waals surface area contributed by atoms with Gasteiger partial charge in [-0.15, -0.1) is 0 Å². The topological polar surface area (TPSA) is 66.4 Å². The number of sulfonamides is 1. The third-order valence-corrected chi connectivity index (χ3v) is 3.54. The smallest absolute Gasteiger partial charge is 0.213 e. The summed E-state index contributed by atoms with van der Waals surface area (Å²) >= 11 is 0. The van der Waals surface area contributed by atoms with E-state index < -0.39 is 10.0 Å². The van der Waals surface area contributed by atoms with Crippen LogP contribution in [0, 0.1) is 6.92 Å². The highest BCUT2D eigenvalue weighted by molar-refractivity contribution is 7.89. The van der Waals surface area contributed by atoms with Crippen molar-refractivity contribution in [2.45, 2.75) is 13.3 Å². The van der Waals surface area contributed by atoms with Gasteiger partial charge >= 0.3 is 0 Å². The molecule has 0 saturated carbocycles. The van der Waals surface area contributed by atoms with Gasteiger partial charge in [0.1, 0.15) is 0 Å². The van der Waals surface area contributed by atoms with E-state index in [0.29, 0.717) is 13.0 Å². The molecule has 0 aliphatic rings. The molecule has 16 heavy (non-hydrogen) atoms. The van der Waals surface area contributed by atoms with E-state index >= 15 is 0 Å². The molecule has 0 atom stereocenters. The van der Waals surface area contributed by atoms with Crippen LogP contribution in [0.3, 0.4) is 0 Å². The van der Waals surface area contributed by atoms with Crippen LogP contribution in [0.2, 0.25) is 0 Å². The first kappa shape index (κ1) is 13.2. The van der Waals surface area contributed by atoms with Gasteiger partial charge in [0.05, 0.1) is 12.4 Å². The summed E-state index contributed by atoms with van der Waals surface area (Å²) in [5.41, 5.74) is 2.27. The predicted molar refractivity (Wildman–Crippen MR) is 63.8 cm³/mol. The molecule has 0 amide bonds. The van der Waals surface area contributed by atoms with E-state index in [-0.39, 0.29) is 12.4 Å². The molecule has 1 aromatic rings. The van der Waals surface area contributed by atoms with Gasteiger partial charge in [-0.05, 0) is 18.9 Å². The number of hydrogen-bond donors (Lipinski definition) is 2. The van der Waals surface area contributed by atoms with Crippen molar-refractivity contribution in [1.29, 1.82) is 0 Å². The number of aryl methyl sites for hydroxylation is 1. The van der Waals surface area contributed by atoms with Gasteiger partial charge in [-0.1, -0.05) is 29.8 Å². The van der Waals surface area contributed by atoms with Gasteiger partial charge in [-0.3, -0.25) is 0 Å². The van der Waals surface area contributed by atoms with Crippen LogP contribution < -0.4 is 4.72 Å². The molecular weight excluding hydrogens is 226 g/mol. The SMILES string of the molecule is Cc1cccc(CCNS(=O)(=O)CCO)c1. The van der Waals surface area contributed by atoms with Crippen LogP contribution in [-0.4, -0.2) is 32.4 Å². The maximum atomic E-state index is 11.2. The van der Waals surface area contributed by atoms with E-state index in [0.717, 1.165) is 11.1 Å². The summed E-state index contributed by atoms with van der Waals surface area (Å²) in [4.78, 5) is 0. The lowest BCUT2D eigenvalue weighted by molar-refractivity contribution is 0.319. The molecule has 0 unspecified atom stereocenters. The average molecular weight is 243 g/mol. The van der Waals surface area contributed by atoms with Crippen LogP contribution in [-0.2, 0) is 16.4 Å². The van der Waals surface area contributed by atoms with E-state index in [9.17, 15) is 8.42 Å². The predicted octanol–water partition coefficient (Wildman–Crippen LogP) is 0.449. The zero-order valence-corrected chi connectivity index (χ0v) is 10.1. The first-order chi connectivity index (χ1) is 7.53. The van der Waals surface area contributed by atoms with Crippen molar-refractivity contribution >= 4 is 10.0 Å². The first-order valence-corrected chi connectivity index (χ1v) is 6.82. The molecule has 0 heterocycles. The largest absolute Gasteiger partial charge is 0.395 e. The van der Waals surface area contributed by atoms with Crippen molar-refractivity contribution in [3.8, 4) is 0 Å². The second-order valence-electron chi connectivity index (χ2n) is 3.68. The van der Waals surface area contributed by atoms with Gasteiger partial charge in [0.2, 0.25) is 10.0 Å². The minimum Gasteiger partial charge on any atom is -0.395 e. The summed E-state index contributed by atoms with van der Waals surface area (Å²) in [7, 11) is -3.31. The fourth-order valence-corrected chi connectivity index (χ4v) is 2.21. The molecule has 0 spiro atoms. The van der Waals surface area contributed by atoms with E-state index in [1.54, 1.807) is 0 Å². The molecule has 0 bridgehead atoms. The Kier molecular flexibility index (Phi) is 4.92. The number of aliphatic hydroxyl groups is 1. The van der Waals surface area contributed by atoms with Crippen molar-refractivity contribution in [2.75, 3.05) is 18.9 Å². The number of nitrogens with one attached hydrogen (secondary N) is 1. The maximum absolute atomic E-state index is 11.2. The zero-order chi connectivity index (χ0) is 12.0. The number of benzene rings is 1. The van der Waals surface area contributed by atoms with Crippen LogP contribution in [0.4, 0.5) is 0 Å². The Bertz CT molecular complexity index is 429. The standard InChI is InChI=1S/C11H17NO3S/c1-10-3-2-4-11(9-10)5-6-12-16(14,15)8-7-13/h2-4,9,12-13H,5-8H2,1H3. The minimum atomic E-state index is -3.31. The third kappa shape index (κ3) is 4.74. The molecule has 0 aliphatic carbocycles. The summed E-state index contributed by atoms with van der Waals surface area (Å²) in [6.45, 7) is 2.02. The highest BCUT2D eigenvalue weighted by Crippen LogP contribution is 2.04. The monoisotopic (exact) mass is 243 g/mol. The number of hydrogen-bond acceptors (Lipinski definition) is 3. The van der Waals surface area contributed by atoms with Crippen LogP contribution in [0.25, 0.3) is 0 Å². The lowest BCUT2D eigenvalue weighted by Gasteiger charge is -2.05. The molecule has 4 nitrogen and oxygen atoms in total. The Morgan fingerprint density at radius 3 is 2.75 bits per heavy atom. The van der Waals surface area contributed by atoms with E-state index in [1.165, 1.54) is 0 Å². The number of rotatable bonds is 6. The molecule has 0 aromatic heterocycles. The molecule has 0 radical (unpaired) electrons. The summed E-state index contributed by atoms with van der Waals surface area (Å²) in [5.74, 6) is -0.235. The normalized spacial score (nSPS) is 11.6. The van der Waals surface area contributed by atoms with Crippen molar-refractivity contribution in [2.24, 2.45) is 0 Å². The minimum absolute atomic E-state index is 0.235. The van der Waals surface area contributed by atoms with Gasteiger partial charge in [0, 0.05) is 6.54 Å². The quantitative estimate of drug-likeness (QED) is 0.762. The molecule has 1 aromatic carbocycles. The van der Waals surface area contributed by atoms with Crippen molar-refractivity contribution in [3.63, 3.8) is 0 Å². The Morgan fingerprint density at radius 1 is 1.38 bits per heavy atom. The Hall–Kier alpha value is -0.910. The second kappa shape index (κ2) is 5.98. The van der Waals surface area contributed by atoms with Crippen molar-refractivity contribution in [3.05, 3.63) is 35.4 Å². The van der Waals surface area contributed by atoms with Crippen LogP contribution in [0.1, 0.15) is 11.1 Å². The fourth-order valence-electron chi connectivity index (χ4n) is 1.41. The highest BCUT2D eigenvalue weighted by atomic mass is 32.2. The molecular formula is C11H17NO3S. The van der Waals surface area contributed by atoms with E-state index in [4.69, 9.17) is 5.11 Å². The molecule has 1 rings (SSSR count). The molecule has 0 fully saturated rings. The zero-order valence-electron chi connectivity index (χ0n) is 9.31. The average Bonchev–Trinajstić information content (AvgIpc) is 2.17. The van der Waals surface area contributed by atoms with Crippen LogP contribution in [0.5, 0.6) is 0 Å². The first-order valence-electron chi connectivity index (χ1n) is 5.17. The second-order valence-corrected chi connectivity index (χ2v) is 5.60. The Morgan fingerprint density at radius 2 is 2.12 bits per heavy atom. The summed E-state index contributed by atoms with van der Waals surface area (Å²) < 4.78 is 24.9. The van der Waals surface area contributed by atoms with E-state index in [2.05, 4.69) is 4.72 Å². The molecule has 0 saturated heterocycles. The molecule has 90 valence electrons. The fraction of sp³-hybridized carbons (Fsp3) is 0.455. The summed E-state index contributed by atoms with van der Waals surface area (Å²) in [6, 6.07) is 7.94. The third-order valence-electron chi connectivity index (χ3n) is 2.18. The van der Waals surface area contributed by atoms with Crippen LogP contribution >= 0.6 is 0 Å². The Balaban J connectivity index is 2.42. The van der Waals surface area contributed by atoms with Gasteiger partial charge < -0.3 is 5.11 Å². The molecule has 5 heteroatoms. The Labute approximate surface area is 96.4 Å². The van der Waals surface area contributed by atoms with Crippen molar-refractivity contribution in [1.82, 2.24) is 4.72 Å². The molecule has 2 N–H and O–H groups in total. The highest BCUT2D eigenvalue weighted by Gasteiger charge is 2.07. The van der Waals surface area contributed by atoms with E-state index in [1.807, 2.05) is 31.2 Å². The lowest BCUT2D eigenvalue weighted by Crippen LogP contribution is -2.29. The molecule has 0 aliphatic heterocycles. The van der Waals surface area contributed by atoms with Gasteiger partial charge in [-0.2, -0.15) is 0 Å². The summed E-state index contributed by atoms with van der Waals surface area (Å²) in [6.07, 6.45) is 0.659. The van der Waals surface area contributed by atoms with Crippen molar-refractivity contribution < 1.29 is 13.5 Å². The number of aliphatic hydroxyl groups excluding tert-OH is 1. The van der Waals surface area contributed by atoms with Gasteiger partial charge in [0.25, 0.3) is 0 Å². The van der Waals surface area contributed by atoms with Gasteiger partial charge in [0.15, 0.2) is 0 Å².